The summed E-state index contributed by atoms with van der Waals surface area (Å²) in [7, 11) is 2.19. The topological polar surface area (TPSA) is 122 Å². The second-order valence-corrected chi connectivity index (χ2v) is 9.57. The van der Waals surface area contributed by atoms with Gasteiger partial charge >= 0.3 is 0 Å². The first-order chi connectivity index (χ1) is 19.4. The third kappa shape index (κ3) is 13.0. The largest absolute Gasteiger partial charge is 0.508 e. The van der Waals surface area contributed by atoms with E-state index in [-0.39, 0.29) is 12.4 Å². The summed E-state index contributed by atoms with van der Waals surface area (Å²) in [5.41, 5.74) is 5.66. The highest BCUT2D eigenvalue weighted by molar-refractivity contribution is 5.60. The summed E-state index contributed by atoms with van der Waals surface area (Å²) in [6.45, 7) is 9.60. The maximum Gasteiger partial charge on any atom is 0.121 e. The smallest absolute Gasteiger partial charge is 0.121 e. The van der Waals surface area contributed by atoms with Gasteiger partial charge in [-0.25, -0.2) is 0 Å². The Morgan fingerprint density at radius 3 is 1.98 bits per heavy atom. The van der Waals surface area contributed by atoms with Gasteiger partial charge in [-0.1, -0.05) is 42.3 Å². The highest BCUT2D eigenvalue weighted by atomic mass is 16.3. The molecule has 4 rings (SSSR count). The molecule has 1 atom stereocenters. The third-order valence-corrected chi connectivity index (χ3v) is 6.46. The predicted molar refractivity (Wildman–Crippen MR) is 162 cm³/mol. The van der Waals surface area contributed by atoms with E-state index in [1.807, 2.05) is 13.6 Å². The van der Waals surface area contributed by atoms with Crippen molar-refractivity contribution in [3.05, 3.63) is 89.0 Å². The molecule has 0 aliphatic carbocycles. The second-order valence-electron chi connectivity index (χ2n) is 9.57. The predicted octanol–water partition coefficient (Wildman–Crippen LogP) is 4.53. The average molecular weight is 552 g/mol. The first kappa shape index (κ1) is 34.5. The molecule has 3 aromatic carbocycles. The Hall–Kier alpha value is -3.56. The maximum atomic E-state index is 10.3. The number of anilines is 2. The number of aliphatic hydroxyl groups excluding tert-OH is 2. The number of phenols is 1. The Morgan fingerprint density at radius 2 is 1.45 bits per heavy atom. The molecule has 0 amide bonds. The van der Waals surface area contributed by atoms with Crippen LogP contribution in [0.25, 0.3) is 0 Å². The molecule has 0 saturated carbocycles. The van der Waals surface area contributed by atoms with Gasteiger partial charge in [-0.05, 0) is 100 Å². The third-order valence-electron chi connectivity index (χ3n) is 6.46. The van der Waals surface area contributed by atoms with Crippen LogP contribution in [0.2, 0.25) is 0 Å². The number of benzene rings is 3. The summed E-state index contributed by atoms with van der Waals surface area (Å²) in [5.74, 6) is 0.0386. The SMILES string of the molecule is C=O.C=O.CN1CCCCC1.Cc1ccc(Nc2ccc(CCNCC(O)c3ccc(O)c(CO)c3)cc2)cc1. The van der Waals surface area contributed by atoms with Gasteiger partial charge in [0, 0.05) is 23.5 Å². The molecule has 5 N–H and O–H groups in total. The number of aromatic hydroxyl groups is 1. The lowest BCUT2D eigenvalue weighted by Gasteiger charge is -2.20. The van der Waals surface area contributed by atoms with Gasteiger partial charge in [0.15, 0.2) is 0 Å². The minimum absolute atomic E-state index is 0.0386. The molecule has 0 bridgehead atoms. The van der Waals surface area contributed by atoms with E-state index in [0.717, 1.165) is 24.3 Å². The molecule has 1 aliphatic rings. The Labute approximate surface area is 238 Å². The number of aryl methyl sites for hydroxylation is 1. The van der Waals surface area contributed by atoms with E-state index >= 15 is 0 Å². The number of hydrogen-bond donors (Lipinski definition) is 5. The number of likely N-dealkylation sites (tertiary alicyclic amines) is 1. The van der Waals surface area contributed by atoms with Crippen molar-refractivity contribution in [3.8, 4) is 5.75 Å². The zero-order chi connectivity index (χ0) is 29.8. The molecule has 0 spiro atoms. The molecular weight excluding hydrogens is 506 g/mol. The van der Waals surface area contributed by atoms with Crippen molar-refractivity contribution in [2.75, 3.05) is 38.5 Å². The van der Waals surface area contributed by atoms with Crippen LogP contribution in [0.5, 0.6) is 5.75 Å². The summed E-state index contributed by atoms with van der Waals surface area (Å²) in [6.07, 6.45) is 4.44. The van der Waals surface area contributed by atoms with Gasteiger partial charge in [0.25, 0.3) is 0 Å². The molecule has 8 nitrogen and oxygen atoms in total. The number of hydrogen-bond acceptors (Lipinski definition) is 8. The fraction of sp³-hybridized carbons (Fsp3) is 0.375. The van der Waals surface area contributed by atoms with Crippen LogP contribution in [0.3, 0.4) is 0 Å². The molecule has 0 aromatic heterocycles. The van der Waals surface area contributed by atoms with Gasteiger partial charge in [0.05, 0.1) is 12.7 Å². The first-order valence-corrected chi connectivity index (χ1v) is 13.4. The lowest BCUT2D eigenvalue weighted by Crippen LogP contribution is -2.24. The van der Waals surface area contributed by atoms with Gasteiger partial charge in [0.2, 0.25) is 0 Å². The standard InChI is InChI=1S/C24H28N2O3.C6H13N.2CH2O/c1-17-2-7-21(8-3-17)26-22-9-4-18(5-10-22)12-13-25-15-24(29)19-6-11-23(28)20(14-19)16-27;1-7-5-3-2-4-6-7;2*1-2/h2-11,14,24-29H,12-13,15-16H2,1H3;2-6H2,1H3;2*1H2. The van der Waals surface area contributed by atoms with E-state index in [9.17, 15) is 15.3 Å². The van der Waals surface area contributed by atoms with Gasteiger partial charge < -0.3 is 40.4 Å². The summed E-state index contributed by atoms with van der Waals surface area (Å²) < 4.78 is 0. The van der Waals surface area contributed by atoms with Crippen molar-refractivity contribution in [2.45, 2.75) is 45.3 Å². The molecule has 1 heterocycles. The average Bonchev–Trinajstić information content (AvgIpc) is 3.00. The van der Waals surface area contributed by atoms with Crippen LogP contribution < -0.4 is 10.6 Å². The quantitative estimate of drug-likeness (QED) is 0.246. The molecule has 1 unspecified atom stereocenters. The molecule has 8 heteroatoms. The van der Waals surface area contributed by atoms with Crippen molar-refractivity contribution in [2.24, 2.45) is 0 Å². The monoisotopic (exact) mass is 551 g/mol. The van der Waals surface area contributed by atoms with Crippen LogP contribution in [0.15, 0.2) is 66.7 Å². The molecule has 1 aliphatic heterocycles. The molecule has 3 aromatic rings. The number of nitrogens with zero attached hydrogens (tertiary/aromatic N) is 1. The second kappa shape index (κ2) is 20.4. The highest BCUT2D eigenvalue weighted by Crippen LogP contribution is 2.22. The van der Waals surface area contributed by atoms with E-state index in [1.54, 1.807) is 12.1 Å². The van der Waals surface area contributed by atoms with E-state index < -0.39 is 6.10 Å². The van der Waals surface area contributed by atoms with Crippen LogP contribution >= 0.6 is 0 Å². The molecule has 218 valence electrons. The maximum absolute atomic E-state index is 10.3. The highest BCUT2D eigenvalue weighted by Gasteiger charge is 2.10. The summed E-state index contributed by atoms with van der Waals surface area (Å²) >= 11 is 0. The number of aliphatic hydroxyl groups is 2. The molecule has 40 heavy (non-hydrogen) atoms. The summed E-state index contributed by atoms with van der Waals surface area (Å²) in [5, 5.41) is 35.8. The van der Waals surface area contributed by atoms with E-state index in [2.05, 4.69) is 78.0 Å². The van der Waals surface area contributed by atoms with Crippen LogP contribution in [0.1, 0.15) is 47.6 Å². The van der Waals surface area contributed by atoms with Crippen molar-refractivity contribution in [3.63, 3.8) is 0 Å². The van der Waals surface area contributed by atoms with Crippen LogP contribution in [-0.4, -0.2) is 67.0 Å². The Kier molecular flexibility index (Phi) is 17.5. The molecule has 1 fully saturated rings. The Balaban J connectivity index is 0.000000617. The van der Waals surface area contributed by atoms with E-state index in [4.69, 9.17) is 9.59 Å². The molecular formula is C32H45N3O5. The van der Waals surface area contributed by atoms with Gasteiger partial charge in [0.1, 0.15) is 19.3 Å². The zero-order valence-electron chi connectivity index (χ0n) is 23.8. The van der Waals surface area contributed by atoms with Crippen molar-refractivity contribution in [1.29, 1.82) is 0 Å². The number of carbonyl (C=O) groups is 2. The van der Waals surface area contributed by atoms with Crippen molar-refractivity contribution >= 4 is 25.0 Å². The Bertz CT molecular complexity index is 1070. The summed E-state index contributed by atoms with van der Waals surface area (Å²) in [6, 6.07) is 21.4. The first-order valence-electron chi connectivity index (χ1n) is 13.4. The minimum Gasteiger partial charge on any atom is -0.508 e. The minimum atomic E-state index is -0.693. The van der Waals surface area contributed by atoms with Crippen LogP contribution in [-0.2, 0) is 22.6 Å². The normalized spacial score (nSPS) is 13.3. The van der Waals surface area contributed by atoms with Gasteiger partial charge in [-0.3, -0.25) is 0 Å². The molecule has 1 saturated heterocycles. The van der Waals surface area contributed by atoms with E-state index in [0.29, 0.717) is 17.7 Å². The van der Waals surface area contributed by atoms with Gasteiger partial charge in [-0.15, -0.1) is 0 Å². The fourth-order valence-corrected chi connectivity index (χ4v) is 4.14. The Morgan fingerprint density at radius 1 is 0.875 bits per heavy atom. The van der Waals surface area contributed by atoms with Crippen molar-refractivity contribution < 1.29 is 24.9 Å². The number of rotatable bonds is 9. The van der Waals surface area contributed by atoms with Gasteiger partial charge in [-0.2, -0.15) is 0 Å². The van der Waals surface area contributed by atoms with E-state index in [1.165, 1.54) is 49.5 Å². The van der Waals surface area contributed by atoms with Crippen LogP contribution in [0.4, 0.5) is 11.4 Å². The zero-order valence-corrected chi connectivity index (χ0v) is 23.8. The van der Waals surface area contributed by atoms with Crippen LogP contribution in [0, 0.1) is 6.92 Å². The lowest BCUT2D eigenvalue weighted by atomic mass is 10.1. The number of nitrogens with one attached hydrogen (secondary N) is 2. The fourth-order valence-electron chi connectivity index (χ4n) is 4.14. The van der Waals surface area contributed by atoms with Crippen molar-refractivity contribution in [1.82, 2.24) is 10.2 Å². The number of carbonyl (C=O) groups excluding carboxylic acids is 2. The number of piperidine rings is 1. The summed E-state index contributed by atoms with van der Waals surface area (Å²) in [4.78, 5) is 18.4. The lowest BCUT2D eigenvalue weighted by molar-refractivity contribution is -0.0987. The molecule has 0 radical (unpaired) electrons.